The lowest BCUT2D eigenvalue weighted by Crippen LogP contribution is -3.13. The van der Waals surface area contributed by atoms with Gasteiger partial charge in [0.05, 0.1) is 26.1 Å². The monoisotopic (exact) mass is 304 g/mol. The topological polar surface area (TPSA) is 76.6 Å². The molecule has 0 saturated carbocycles. The fourth-order valence-electron chi connectivity index (χ4n) is 3.12. The maximum absolute atomic E-state index is 12.1. The van der Waals surface area contributed by atoms with Gasteiger partial charge in [0.2, 0.25) is 11.8 Å². The first kappa shape index (κ1) is 16.5. The van der Waals surface area contributed by atoms with Crippen molar-refractivity contribution in [1.29, 1.82) is 0 Å². The number of hydrogen-bond donors (Lipinski definition) is 3. The summed E-state index contributed by atoms with van der Waals surface area (Å²) in [5.74, 6) is -0.117. The molecule has 5 nitrogen and oxygen atoms in total. The highest BCUT2D eigenvalue weighted by Crippen LogP contribution is 2.13. The summed E-state index contributed by atoms with van der Waals surface area (Å²) in [7, 11) is 0. The Hall–Kier alpha value is -1.88. The van der Waals surface area contributed by atoms with Gasteiger partial charge < -0.3 is 16.0 Å². The standard InChI is InChI=1S/C17H25N3O2/c1-12-9-13(2)11-15(10-12)19-16(21)5-8-20-6-3-14(4-7-20)17(18)22/h9-11,14H,3-8H2,1-2H3,(H2,18,22)(H,19,21)/p+1. The lowest BCUT2D eigenvalue weighted by molar-refractivity contribution is -0.905. The van der Waals surface area contributed by atoms with Gasteiger partial charge in [-0.15, -0.1) is 0 Å². The molecule has 1 aromatic carbocycles. The van der Waals surface area contributed by atoms with Crippen LogP contribution in [0.15, 0.2) is 18.2 Å². The predicted molar refractivity (Wildman–Crippen MR) is 86.6 cm³/mol. The molecule has 1 saturated heterocycles. The van der Waals surface area contributed by atoms with Gasteiger partial charge >= 0.3 is 0 Å². The quantitative estimate of drug-likeness (QED) is 0.737. The lowest BCUT2D eigenvalue weighted by Gasteiger charge is -2.27. The van der Waals surface area contributed by atoms with Crippen molar-refractivity contribution in [3.8, 4) is 0 Å². The smallest absolute Gasteiger partial charge is 0.230 e. The van der Waals surface area contributed by atoms with E-state index >= 15 is 0 Å². The van der Waals surface area contributed by atoms with Crippen LogP contribution in [0.4, 0.5) is 5.69 Å². The van der Waals surface area contributed by atoms with Crippen molar-refractivity contribution in [2.45, 2.75) is 33.1 Å². The summed E-state index contributed by atoms with van der Waals surface area (Å²) in [6.45, 7) is 6.70. The average molecular weight is 304 g/mol. The van der Waals surface area contributed by atoms with Crippen LogP contribution in [0.5, 0.6) is 0 Å². The first-order chi connectivity index (χ1) is 10.4. The number of carbonyl (C=O) groups is 2. The van der Waals surface area contributed by atoms with E-state index in [1.165, 1.54) is 4.90 Å². The second-order valence-electron chi connectivity index (χ2n) is 6.35. The van der Waals surface area contributed by atoms with E-state index in [1.54, 1.807) is 0 Å². The van der Waals surface area contributed by atoms with Crippen molar-refractivity contribution < 1.29 is 14.5 Å². The van der Waals surface area contributed by atoms with Gasteiger partial charge in [-0.05, 0) is 37.1 Å². The number of amides is 2. The Labute approximate surface area is 131 Å². The molecule has 22 heavy (non-hydrogen) atoms. The number of carbonyl (C=O) groups excluding carboxylic acids is 2. The molecule has 1 aliphatic rings. The van der Waals surface area contributed by atoms with Crippen molar-refractivity contribution in [3.63, 3.8) is 0 Å². The highest BCUT2D eigenvalue weighted by molar-refractivity contribution is 5.90. The molecule has 1 fully saturated rings. The molecular weight excluding hydrogens is 278 g/mol. The molecule has 0 unspecified atom stereocenters. The Balaban J connectivity index is 1.75. The third kappa shape index (κ3) is 4.84. The van der Waals surface area contributed by atoms with Crippen LogP contribution in [0.25, 0.3) is 0 Å². The lowest BCUT2D eigenvalue weighted by atomic mass is 9.96. The molecule has 0 bridgehead atoms. The van der Waals surface area contributed by atoms with Gasteiger partial charge in [-0.2, -0.15) is 0 Å². The molecule has 0 spiro atoms. The van der Waals surface area contributed by atoms with Gasteiger partial charge in [0.1, 0.15) is 0 Å². The van der Waals surface area contributed by atoms with E-state index in [0.29, 0.717) is 6.42 Å². The van der Waals surface area contributed by atoms with Crippen LogP contribution in [0.1, 0.15) is 30.4 Å². The van der Waals surface area contributed by atoms with E-state index in [9.17, 15) is 9.59 Å². The number of hydrogen-bond acceptors (Lipinski definition) is 2. The van der Waals surface area contributed by atoms with Gasteiger partial charge in [0, 0.05) is 24.4 Å². The van der Waals surface area contributed by atoms with Crippen molar-refractivity contribution >= 4 is 17.5 Å². The highest BCUT2D eigenvalue weighted by atomic mass is 16.2. The number of primary amides is 1. The Bertz CT molecular complexity index is 529. The van der Waals surface area contributed by atoms with Gasteiger partial charge in [-0.3, -0.25) is 9.59 Å². The van der Waals surface area contributed by atoms with E-state index < -0.39 is 0 Å². The van der Waals surface area contributed by atoms with Crippen LogP contribution >= 0.6 is 0 Å². The summed E-state index contributed by atoms with van der Waals surface area (Å²) >= 11 is 0. The molecule has 0 atom stereocenters. The van der Waals surface area contributed by atoms with E-state index in [1.807, 2.05) is 26.0 Å². The van der Waals surface area contributed by atoms with Crippen LogP contribution in [0.2, 0.25) is 0 Å². The van der Waals surface area contributed by atoms with Gasteiger partial charge in [0.15, 0.2) is 0 Å². The zero-order chi connectivity index (χ0) is 16.1. The normalized spacial score (nSPS) is 21.4. The molecule has 120 valence electrons. The number of nitrogens with two attached hydrogens (primary N) is 1. The molecule has 0 radical (unpaired) electrons. The second-order valence-corrected chi connectivity index (χ2v) is 6.35. The first-order valence-corrected chi connectivity index (χ1v) is 7.95. The minimum absolute atomic E-state index is 0.0212. The van der Waals surface area contributed by atoms with Crippen LogP contribution in [-0.2, 0) is 9.59 Å². The molecule has 4 N–H and O–H groups in total. The molecule has 0 aliphatic carbocycles. The molecule has 1 aromatic rings. The van der Waals surface area contributed by atoms with Gasteiger partial charge in [0.25, 0.3) is 0 Å². The molecular formula is C17H26N3O2+. The van der Waals surface area contributed by atoms with E-state index in [4.69, 9.17) is 5.73 Å². The maximum Gasteiger partial charge on any atom is 0.230 e. The summed E-state index contributed by atoms with van der Waals surface area (Å²) in [5.41, 5.74) is 8.49. The predicted octanol–water partition coefficient (Wildman–Crippen LogP) is 0.412. The van der Waals surface area contributed by atoms with Crippen LogP contribution < -0.4 is 16.0 Å². The third-order valence-electron chi connectivity index (χ3n) is 4.31. The number of piperidine rings is 1. The number of aryl methyl sites for hydroxylation is 2. The Kier molecular flexibility index (Phi) is 5.55. The summed E-state index contributed by atoms with van der Waals surface area (Å²) in [4.78, 5) is 24.6. The zero-order valence-corrected chi connectivity index (χ0v) is 13.4. The van der Waals surface area contributed by atoms with Crippen molar-refractivity contribution in [2.24, 2.45) is 11.7 Å². The average Bonchev–Trinajstić information content (AvgIpc) is 2.44. The molecule has 1 heterocycles. The number of rotatable bonds is 5. The fraction of sp³-hybridized carbons (Fsp3) is 0.529. The number of nitrogens with one attached hydrogen (secondary N) is 2. The summed E-state index contributed by atoms with van der Waals surface area (Å²) in [5, 5.41) is 2.96. The van der Waals surface area contributed by atoms with E-state index in [2.05, 4.69) is 11.4 Å². The largest absolute Gasteiger partial charge is 0.369 e. The van der Waals surface area contributed by atoms with Crippen LogP contribution in [0, 0.1) is 19.8 Å². The van der Waals surface area contributed by atoms with Crippen LogP contribution in [0.3, 0.4) is 0 Å². The summed E-state index contributed by atoms with van der Waals surface area (Å²) in [6.07, 6.45) is 2.18. The van der Waals surface area contributed by atoms with E-state index in [-0.39, 0.29) is 17.7 Å². The van der Waals surface area contributed by atoms with Crippen molar-refractivity contribution in [1.82, 2.24) is 0 Å². The maximum atomic E-state index is 12.1. The van der Waals surface area contributed by atoms with Crippen molar-refractivity contribution in [2.75, 3.05) is 25.0 Å². The number of benzene rings is 1. The minimum Gasteiger partial charge on any atom is -0.369 e. The molecule has 2 rings (SSSR count). The molecule has 0 aromatic heterocycles. The fourth-order valence-corrected chi connectivity index (χ4v) is 3.12. The van der Waals surface area contributed by atoms with Gasteiger partial charge in [-0.1, -0.05) is 6.07 Å². The first-order valence-electron chi connectivity index (χ1n) is 7.95. The zero-order valence-electron chi connectivity index (χ0n) is 13.4. The number of anilines is 1. The SMILES string of the molecule is Cc1cc(C)cc(NC(=O)CC[NH+]2CCC(C(N)=O)CC2)c1. The Morgan fingerprint density at radius 1 is 1.18 bits per heavy atom. The second kappa shape index (κ2) is 7.40. The Morgan fingerprint density at radius 2 is 1.77 bits per heavy atom. The number of likely N-dealkylation sites (tertiary alicyclic amines) is 1. The summed E-state index contributed by atoms with van der Waals surface area (Å²) in [6, 6.07) is 6.05. The third-order valence-corrected chi connectivity index (χ3v) is 4.31. The summed E-state index contributed by atoms with van der Waals surface area (Å²) < 4.78 is 0. The number of quaternary nitrogens is 1. The van der Waals surface area contributed by atoms with E-state index in [0.717, 1.165) is 49.3 Å². The van der Waals surface area contributed by atoms with Gasteiger partial charge in [-0.25, -0.2) is 0 Å². The molecule has 5 heteroatoms. The van der Waals surface area contributed by atoms with Crippen LogP contribution in [-0.4, -0.2) is 31.4 Å². The highest BCUT2D eigenvalue weighted by Gasteiger charge is 2.25. The Morgan fingerprint density at radius 3 is 2.32 bits per heavy atom. The van der Waals surface area contributed by atoms with Crippen molar-refractivity contribution in [3.05, 3.63) is 29.3 Å². The minimum atomic E-state index is -0.188. The molecule has 1 aliphatic heterocycles. The molecule has 2 amide bonds.